The Morgan fingerprint density at radius 2 is 1.96 bits per heavy atom. The molecule has 2 aliphatic heterocycles. The fraction of sp³-hybridized carbons (Fsp3) is 0.579. The van der Waals surface area contributed by atoms with Crippen LogP contribution < -0.4 is 0 Å². The Hall–Kier alpha value is -1.76. The fourth-order valence-corrected chi connectivity index (χ4v) is 3.46. The summed E-state index contributed by atoms with van der Waals surface area (Å²) >= 11 is 0. The first-order valence-corrected chi connectivity index (χ1v) is 9.19. The van der Waals surface area contributed by atoms with Gasteiger partial charge >= 0.3 is 0 Å². The smallest absolute Gasteiger partial charge is 0.255 e. The van der Waals surface area contributed by atoms with E-state index >= 15 is 0 Å². The third-order valence-corrected chi connectivity index (χ3v) is 4.92. The van der Waals surface area contributed by atoms with Gasteiger partial charge in [0.15, 0.2) is 5.82 Å². The molecule has 0 bridgehead atoms. The molecule has 0 saturated carbocycles. The molecule has 2 aromatic rings. The number of rotatable bonds is 6. The summed E-state index contributed by atoms with van der Waals surface area (Å²) in [6.07, 6.45) is 4.47. The zero-order valence-electron chi connectivity index (χ0n) is 14.5. The highest BCUT2D eigenvalue weighted by Gasteiger charge is 2.25. The summed E-state index contributed by atoms with van der Waals surface area (Å²) in [5.74, 6) is 1.39. The van der Waals surface area contributed by atoms with Crippen molar-refractivity contribution in [1.82, 2.24) is 15.0 Å². The Morgan fingerprint density at radius 1 is 1.12 bits per heavy atom. The minimum atomic E-state index is -0.00151. The predicted octanol–water partition coefficient (Wildman–Crippen LogP) is 3.10. The first kappa shape index (κ1) is 16.7. The second-order valence-corrected chi connectivity index (χ2v) is 6.82. The molecule has 2 aliphatic rings. The maximum atomic E-state index is 6.05. The van der Waals surface area contributed by atoms with Crippen molar-refractivity contribution in [2.45, 2.75) is 51.0 Å². The lowest BCUT2D eigenvalue weighted by Gasteiger charge is -2.31. The van der Waals surface area contributed by atoms with Gasteiger partial charge in [-0.25, -0.2) is 0 Å². The fourth-order valence-electron chi connectivity index (χ4n) is 3.46. The van der Waals surface area contributed by atoms with E-state index in [2.05, 4.69) is 39.3 Å². The molecular formula is C19H25N3O3. The van der Waals surface area contributed by atoms with Crippen LogP contribution in [0, 0.1) is 0 Å². The molecule has 0 amide bonds. The molecule has 0 spiro atoms. The van der Waals surface area contributed by atoms with Gasteiger partial charge in [0, 0.05) is 19.7 Å². The standard InChI is InChI=1S/C19H25N3O3/c1-2-5-15(6-3-1)14-24-16-8-10-22(11-9-16)13-18-20-19(25-21-18)17-7-4-12-23-17/h1-3,5-6,16-17H,4,7-14H2/t17-/m0/s1. The van der Waals surface area contributed by atoms with Gasteiger partial charge in [-0.1, -0.05) is 35.5 Å². The number of ether oxygens (including phenoxy) is 2. The Morgan fingerprint density at radius 3 is 2.72 bits per heavy atom. The quantitative estimate of drug-likeness (QED) is 0.803. The molecule has 3 heterocycles. The molecular weight excluding hydrogens is 318 g/mol. The van der Waals surface area contributed by atoms with Crippen molar-refractivity contribution in [3.8, 4) is 0 Å². The normalized spacial score (nSPS) is 22.5. The molecule has 6 heteroatoms. The first-order chi connectivity index (χ1) is 12.4. The van der Waals surface area contributed by atoms with E-state index < -0.39 is 0 Å². The summed E-state index contributed by atoms with van der Waals surface area (Å²) in [7, 11) is 0. The molecule has 0 radical (unpaired) electrons. The van der Waals surface area contributed by atoms with Crippen LogP contribution in [0.2, 0.25) is 0 Å². The van der Waals surface area contributed by atoms with Crippen LogP contribution in [0.1, 0.15) is 49.1 Å². The van der Waals surface area contributed by atoms with Crippen molar-refractivity contribution in [2.75, 3.05) is 19.7 Å². The molecule has 2 saturated heterocycles. The molecule has 1 aromatic carbocycles. The molecule has 1 atom stereocenters. The second kappa shape index (κ2) is 8.08. The number of hydrogen-bond donors (Lipinski definition) is 0. The van der Waals surface area contributed by atoms with Crippen LogP contribution in [0.4, 0.5) is 0 Å². The highest BCUT2D eigenvalue weighted by atomic mass is 16.5. The van der Waals surface area contributed by atoms with E-state index in [0.29, 0.717) is 18.6 Å². The number of piperidine rings is 1. The van der Waals surface area contributed by atoms with Gasteiger partial charge < -0.3 is 14.0 Å². The number of likely N-dealkylation sites (tertiary alicyclic amines) is 1. The maximum absolute atomic E-state index is 6.05. The molecule has 1 aromatic heterocycles. The Labute approximate surface area is 148 Å². The summed E-state index contributed by atoms with van der Waals surface area (Å²) in [5, 5.41) is 4.11. The van der Waals surface area contributed by atoms with Crippen LogP contribution >= 0.6 is 0 Å². The van der Waals surface area contributed by atoms with E-state index in [1.807, 2.05) is 6.07 Å². The summed E-state index contributed by atoms with van der Waals surface area (Å²) < 4.78 is 17.0. The first-order valence-electron chi connectivity index (χ1n) is 9.19. The van der Waals surface area contributed by atoms with E-state index in [4.69, 9.17) is 14.0 Å². The van der Waals surface area contributed by atoms with Crippen molar-refractivity contribution >= 4 is 0 Å². The molecule has 6 nitrogen and oxygen atoms in total. The Balaban J connectivity index is 1.21. The van der Waals surface area contributed by atoms with Crippen LogP contribution in [-0.2, 0) is 22.6 Å². The van der Waals surface area contributed by atoms with Gasteiger partial charge in [-0.3, -0.25) is 4.90 Å². The van der Waals surface area contributed by atoms with Gasteiger partial charge in [0.25, 0.3) is 5.89 Å². The lowest BCUT2D eigenvalue weighted by Crippen LogP contribution is -2.36. The number of nitrogens with zero attached hydrogens (tertiary/aromatic N) is 3. The van der Waals surface area contributed by atoms with Gasteiger partial charge in [-0.05, 0) is 31.2 Å². The lowest BCUT2D eigenvalue weighted by molar-refractivity contribution is -0.00446. The molecule has 2 fully saturated rings. The Bertz CT molecular complexity index is 647. The molecule has 25 heavy (non-hydrogen) atoms. The average molecular weight is 343 g/mol. The van der Waals surface area contributed by atoms with Gasteiger partial charge in [0.2, 0.25) is 0 Å². The topological polar surface area (TPSA) is 60.6 Å². The van der Waals surface area contributed by atoms with Crippen molar-refractivity contribution < 1.29 is 14.0 Å². The summed E-state index contributed by atoms with van der Waals surface area (Å²) in [6.45, 7) is 4.23. The van der Waals surface area contributed by atoms with Crippen LogP contribution in [0.15, 0.2) is 34.9 Å². The third-order valence-electron chi connectivity index (χ3n) is 4.92. The summed E-state index contributed by atoms with van der Waals surface area (Å²) in [5.41, 5.74) is 1.23. The monoisotopic (exact) mass is 343 g/mol. The number of benzene rings is 1. The SMILES string of the molecule is c1ccc(COC2CCN(Cc3noc([C@@H]4CCCO4)n3)CC2)cc1. The number of hydrogen-bond acceptors (Lipinski definition) is 6. The van der Waals surface area contributed by atoms with Crippen LogP contribution in [0.25, 0.3) is 0 Å². The third kappa shape index (κ3) is 4.45. The Kier molecular flexibility index (Phi) is 5.40. The largest absolute Gasteiger partial charge is 0.373 e. The summed E-state index contributed by atoms with van der Waals surface area (Å²) in [4.78, 5) is 6.87. The molecule has 0 unspecified atom stereocenters. The highest BCUT2D eigenvalue weighted by Crippen LogP contribution is 2.27. The highest BCUT2D eigenvalue weighted by molar-refractivity contribution is 5.13. The van der Waals surface area contributed by atoms with Crippen LogP contribution in [0.3, 0.4) is 0 Å². The van der Waals surface area contributed by atoms with Gasteiger partial charge in [-0.15, -0.1) is 0 Å². The van der Waals surface area contributed by atoms with Crippen LogP contribution in [0.5, 0.6) is 0 Å². The zero-order valence-corrected chi connectivity index (χ0v) is 14.5. The van der Waals surface area contributed by atoms with Crippen molar-refractivity contribution in [1.29, 1.82) is 0 Å². The van der Waals surface area contributed by atoms with E-state index in [0.717, 1.165) is 57.7 Å². The van der Waals surface area contributed by atoms with Crippen molar-refractivity contribution in [2.24, 2.45) is 0 Å². The number of aromatic nitrogens is 2. The van der Waals surface area contributed by atoms with Crippen molar-refractivity contribution in [3.63, 3.8) is 0 Å². The molecule has 0 N–H and O–H groups in total. The molecule has 0 aliphatic carbocycles. The lowest BCUT2D eigenvalue weighted by atomic mass is 10.1. The van der Waals surface area contributed by atoms with Gasteiger partial charge in [-0.2, -0.15) is 4.98 Å². The van der Waals surface area contributed by atoms with E-state index in [-0.39, 0.29) is 6.10 Å². The molecule has 134 valence electrons. The maximum Gasteiger partial charge on any atom is 0.255 e. The van der Waals surface area contributed by atoms with Gasteiger partial charge in [0.05, 0.1) is 19.3 Å². The molecule has 4 rings (SSSR count). The second-order valence-electron chi connectivity index (χ2n) is 6.82. The van der Waals surface area contributed by atoms with E-state index in [1.54, 1.807) is 0 Å². The van der Waals surface area contributed by atoms with E-state index in [9.17, 15) is 0 Å². The minimum absolute atomic E-state index is 0.00151. The van der Waals surface area contributed by atoms with Crippen LogP contribution in [-0.4, -0.2) is 40.8 Å². The summed E-state index contributed by atoms with van der Waals surface area (Å²) in [6, 6.07) is 10.4. The predicted molar refractivity (Wildman–Crippen MR) is 91.8 cm³/mol. The minimum Gasteiger partial charge on any atom is -0.373 e. The zero-order chi connectivity index (χ0) is 16.9. The van der Waals surface area contributed by atoms with Crippen molar-refractivity contribution in [3.05, 3.63) is 47.6 Å². The van der Waals surface area contributed by atoms with E-state index in [1.165, 1.54) is 5.56 Å². The van der Waals surface area contributed by atoms with Gasteiger partial charge in [0.1, 0.15) is 6.10 Å². The average Bonchev–Trinajstić information content (AvgIpc) is 3.34.